The molecule has 2 aromatic carbocycles. The summed E-state index contributed by atoms with van der Waals surface area (Å²) >= 11 is 9.92. The summed E-state index contributed by atoms with van der Waals surface area (Å²) in [4.78, 5) is 0. The molecule has 0 saturated heterocycles. The van der Waals surface area contributed by atoms with Crippen LogP contribution in [0.2, 0.25) is 5.02 Å². The number of methoxy groups -OCH3 is 1. The van der Waals surface area contributed by atoms with E-state index in [1.807, 2.05) is 18.2 Å². The zero-order chi connectivity index (χ0) is 17.8. The number of halogens is 2. The summed E-state index contributed by atoms with van der Waals surface area (Å²) in [5.74, 6) is 2.08. The maximum absolute atomic E-state index is 6.40. The fraction of sp³-hybridized carbons (Fsp3) is 0.273. The highest BCUT2D eigenvalue weighted by atomic mass is 79.9. The van der Waals surface area contributed by atoms with Gasteiger partial charge in [0.1, 0.15) is 5.76 Å². The van der Waals surface area contributed by atoms with E-state index in [-0.39, 0.29) is 0 Å². The normalized spacial score (nSPS) is 20.9. The van der Waals surface area contributed by atoms with E-state index in [9.17, 15) is 0 Å². The van der Waals surface area contributed by atoms with Gasteiger partial charge in [0, 0.05) is 9.50 Å². The Hall–Kier alpha value is -1.51. The molecule has 0 aromatic heterocycles. The fourth-order valence-electron chi connectivity index (χ4n) is 3.50. The fourth-order valence-corrected chi connectivity index (χ4v) is 3.98. The van der Waals surface area contributed by atoms with Crippen molar-refractivity contribution < 1.29 is 4.74 Å². The van der Waals surface area contributed by atoms with Crippen molar-refractivity contribution in [1.29, 1.82) is 0 Å². The molecule has 130 valence electrons. The van der Waals surface area contributed by atoms with Gasteiger partial charge in [0.2, 0.25) is 0 Å². The molecule has 0 saturated carbocycles. The lowest BCUT2D eigenvalue weighted by atomic mass is 9.74. The third-order valence-corrected chi connectivity index (χ3v) is 5.88. The van der Waals surface area contributed by atoms with Gasteiger partial charge in [0.15, 0.2) is 0 Å². The number of benzene rings is 2. The first-order valence-corrected chi connectivity index (χ1v) is 9.68. The molecule has 0 spiro atoms. The van der Waals surface area contributed by atoms with Crippen molar-refractivity contribution in [2.75, 3.05) is 7.11 Å². The third-order valence-electron chi connectivity index (χ3n) is 4.98. The first-order chi connectivity index (χ1) is 12.1. The smallest absolute Gasteiger partial charge is 0.114 e. The van der Waals surface area contributed by atoms with Crippen LogP contribution < -0.4 is 0 Å². The van der Waals surface area contributed by atoms with Crippen LogP contribution in [0.5, 0.6) is 0 Å². The van der Waals surface area contributed by atoms with Crippen LogP contribution in [0, 0.1) is 11.8 Å². The molecule has 1 nitrogen and oxygen atoms in total. The van der Waals surface area contributed by atoms with E-state index >= 15 is 0 Å². The summed E-state index contributed by atoms with van der Waals surface area (Å²) in [6.07, 6.45) is 7.52. The predicted octanol–water partition coefficient (Wildman–Crippen LogP) is 6.78. The average Bonchev–Trinajstić information content (AvgIpc) is 2.63. The topological polar surface area (TPSA) is 9.23 Å². The van der Waals surface area contributed by atoms with Crippen LogP contribution in [0.15, 0.2) is 77.0 Å². The van der Waals surface area contributed by atoms with Crippen LogP contribution in [0.1, 0.15) is 24.0 Å². The molecule has 0 aliphatic heterocycles. The minimum atomic E-state index is 0.346. The molecule has 1 aliphatic rings. The first-order valence-electron chi connectivity index (χ1n) is 8.51. The Bertz CT molecular complexity index is 779. The van der Waals surface area contributed by atoms with Crippen molar-refractivity contribution in [3.05, 3.63) is 93.1 Å². The maximum atomic E-state index is 6.40. The molecular weight excluding hydrogens is 396 g/mol. The summed E-state index contributed by atoms with van der Waals surface area (Å²) in [6, 6.07) is 16.7. The first kappa shape index (κ1) is 18.3. The van der Waals surface area contributed by atoms with Gasteiger partial charge in [-0.15, -0.1) is 0 Å². The molecule has 25 heavy (non-hydrogen) atoms. The second kappa shape index (κ2) is 8.25. The van der Waals surface area contributed by atoms with Gasteiger partial charge in [-0.1, -0.05) is 70.9 Å². The van der Waals surface area contributed by atoms with Gasteiger partial charge in [-0.25, -0.2) is 0 Å². The molecule has 3 heteroatoms. The second-order valence-corrected chi connectivity index (χ2v) is 7.83. The molecule has 3 atom stereocenters. The van der Waals surface area contributed by atoms with Gasteiger partial charge in [-0.3, -0.25) is 0 Å². The van der Waals surface area contributed by atoms with Crippen LogP contribution >= 0.6 is 27.5 Å². The predicted molar refractivity (Wildman–Crippen MR) is 109 cm³/mol. The van der Waals surface area contributed by atoms with Crippen molar-refractivity contribution in [2.24, 2.45) is 11.8 Å². The zero-order valence-corrected chi connectivity index (χ0v) is 16.8. The molecule has 0 fully saturated rings. The Kier molecular flexibility index (Phi) is 6.03. The van der Waals surface area contributed by atoms with Crippen molar-refractivity contribution in [2.45, 2.75) is 19.3 Å². The molecule has 0 amide bonds. The van der Waals surface area contributed by atoms with E-state index in [0.717, 1.165) is 21.7 Å². The van der Waals surface area contributed by atoms with Crippen LogP contribution in [0.3, 0.4) is 0 Å². The van der Waals surface area contributed by atoms with Crippen molar-refractivity contribution in [1.82, 2.24) is 0 Å². The molecule has 0 heterocycles. The van der Waals surface area contributed by atoms with Gasteiger partial charge in [0.05, 0.1) is 7.11 Å². The molecule has 3 unspecified atom stereocenters. The Morgan fingerprint density at radius 2 is 1.84 bits per heavy atom. The zero-order valence-electron chi connectivity index (χ0n) is 14.5. The van der Waals surface area contributed by atoms with Crippen LogP contribution in [-0.2, 0) is 11.2 Å². The number of hydrogen-bond acceptors (Lipinski definition) is 1. The highest BCUT2D eigenvalue weighted by Gasteiger charge is 2.28. The van der Waals surface area contributed by atoms with Crippen molar-refractivity contribution >= 4 is 27.5 Å². The van der Waals surface area contributed by atoms with E-state index in [1.165, 1.54) is 11.1 Å². The Labute approximate surface area is 163 Å². The lowest BCUT2D eigenvalue weighted by Gasteiger charge is -2.31. The van der Waals surface area contributed by atoms with Crippen molar-refractivity contribution in [3.63, 3.8) is 0 Å². The van der Waals surface area contributed by atoms with E-state index in [0.29, 0.717) is 17.8 Å². The van der Waals surface area contributed by atoms with E-state index in [4.69, 9.17) is 16.3 Å². The number of allylic oxidation sites excluding steroid dienone is 3. The number of hydrogen-bond donors (Lipinski definition) is 0. The summed E-state index contributed by atoms with van der Waals surface area (Å²) in [6.45, 7) is 2.30. The highest BCUT2D eigenvalue weighted by molar-refractivity contribution is 9.10. The Morgan fingerprint density at radius 3 is 2.52 bits per heavy atom. The summed E-state index contributed by atoms with van der Waals surface area (Å²) < 4.78 is 6.58. The number of ether oxygens (including phenoxy) is 1. The van der Waals surface area contributed by atoms with Gasteiger partial charge in [-0.2, -0.15) is 0 Å². The summed E-state index contributed by atoms with van der Waals surface area (Å²) in [5.41, 5.74) is 2.53. The quantitative estimate of drug-likeness (QED) is 0.521. The largest absolute Gasteiger partial charge is 0.497 e. The Balaban J connectivity index is 1.88. The molecule has 2 aromatic rings. The van der Waals surface area contributed by atoms with Crippen LogP contribution in [0.25, 0.3) is 0 Å². The third kappa shape index (κ3) is 4.37. The molecular formula is C22H22BrClO. The van der Waals surface area contributed by atoms with Crippen LogP contribution in [-0.4, -0.2) is 7.11 Å². The Morgan fingerprint density at radius 1 is 1.12 bits per heavy atom. The van der Waals surface area contributed by atoms with Gasteiger partial charge in [0.25, 0.3) is 0 Å². The molecule has 1 aliphatic carbocycles. The molecule has 0 radical (unpaired) electrons. The average molecular weight is 418 g/mol. The SMILES string of the molecule is COC1=CC(Cc2ccccc2Cl)C(C(C)c2ccc(Br)cc2)C=C1. The second-order valence-electron chi connectivity index (χ2n) is 6.51. The van der Waals surface area contributed by atoms with E-state index in [2.05, 4.69) is 71.4 Å². The van der Waals surface area contributed by atoms with E-state index in [1.54, 1.807) is 7.11 Å². The van der Waals surface area contributed by atoms with Gasteiger partial charge in [-0.05, 0) is 65.7 Å². The summed E-state index contributed by atoms with van der Waals surface area (Å²) in [7, 11) is 1.72. The van der Waals surface area contributed by atoms with Crippen molar-refractivity contribution in [3.8, 4) is 0 Å². The standard InChI is InChI=1S/C22H22BrClO/c1-15(16-7-9-19(23)10-8-16)21-12-11-20(25-2)14-18(21)13-17-5-3-4-6-22(17)24/h3-12,14-15,18,21H,13H2,1-2H3. The van der Waals surface area contributed by atoms with Gasteiger partial charge < -0.3 is 4.74 Å². The maximum Gasteiger partial charge on any atom is 0.114 e. The summed E-state index contributed by atoms with van der Waals surface area (Å²) in [5, 5.41) is 0.833. The highest BCUT2D eigenvalue weighted by Crippen LogP contribution is 2.38. The minimum Gasteiger partial charge on any atom is -0.497 e. The van der Waals surface area contributed by atoms with Crippen LogP contribution in [0.4, 0.5) is 0 Å². The van der Waals surface area contributed by atoms with E-state index < -0.39 is 0 Å². The molecule has 0 bridgehead atoms. The lowest BCUT2D eigenvalue weighted by molar-refractivity contribution is 0.288. The minimum absolute atomic E-state index is 0.346. The van der Waals surface area contributed by atoms with Gasteiger partial charge >= 0.3 is 0 Å². The lowest BCUT2D eigenvalue weighted by Crippen LogP contribution is -2.22. The molecule has 0 N–H and O–H groups in total. The molecule has 3 rings (SSSR count). The number of rotatable bonds is 5. The monoisotopic (exact) mass is 416 g/mol.